The van der Waals surface area contributed by atoms with E-state index in [2.05, 4.69) is 15.0 Å². The molecule has 0 bridgehead atoms. The van der Waals surface area contributed by atoms with Gasteiger partial charge < -0.3 is 10.0 Å². The van der Waals surface area contributed by atoms with E-state index in [9.17, 15) is 4.79 Å². The molecule has 102 valence electrons. The third-order valence-electron chi connectivity index (χ3n) is 2.66. The number of hydrogen-bond acceptors (Lipinski definition) is 7. The number of aromatic nitrogens is 3. The zero-order valence-corrected chi connectivity index (χ0v) is 12.5. The van der Waals surface area contributed by atoms with Gasteiger partial charge in [0.2, 0.25) is 0 Å². The van der Waals surface area contributed by atoms with Crippen molar-refractivity contribution in [3.05, 3.63) is 6.33 Å². The first-order valence-corrected chi connectivity index (χ1v) is 7.66. The normalized spacial score (nSPS) is 12.6. The summed E-state index contributed by atoms with van der Waals surface area (Å²) in [7, 11) is 1.83. The Kier molecular flexibility index (Phi) is 4.20. The van der Waals surface area contributed by atoms with Crippen LogP contribution in [-0.4, -0.2) is 45.9 Å². The minimum atomic E-state index is -0.814. The van der Waals surface area contributed by atoms with Crippen LogP contribution in [0.25, 0.3) is 10.3 Å². The Morgan fingerprint density at radius 3 is 2.95 bits per heavy atom. The van der Waals surface area contributed by atoms with Gasteiger partial charge in [-0.1, -0.05) is 18.7 Å². The lowest BCUT2D eigenvalue weighted by molar-refractivity contribution is -0.140. The number of nitrogens with zero attached hydrogens (tertiary/aromatic N) is 4. The highest BCUT2D eigenvalue weighted by atomic mass is 32.2. The van der Waals surface area contributed by atoms with Crippen molar-refractivity contribution in [2.24, 2.45) is 5.92 Å². The summed E-state index contributed by atoms with van der Waals surface area (Å²) >= 11 is 3.09. The molecule has 0 radical (unpaired) electrons. The average Bonchev–Trinajstić information content (AvgIpc) is 2.80. The summed E-state index contributed by atoms with van der Waals surface area (Å²) in [6.07, 6.45) is 3.42. The summed E-state index contributed by atoms with van der Waals surface area (Å²) < 4.78 is 1.82. The van der Waals surface area contributed by atoms with Crippen LogP contribution in [0, 0.1) is 5.92 Å². The Hall–Kier alpha value is -1.41. The zero-order chi connectivity index (χ0) is 14.0. The maximum absolute atomic E-state index is 10.9. The predicted molar refractivity (Wildman–Crippen MR) is 77.1 cm³/mol. The number of carboxylic acids is 1. The molecule has 0 spiro atoms. The Morgan fingerprint density at radius 1 is 1.58 bits per heavy atom. The van der Waals surface area contributed by atoms with Gasteiger partial charge in [0.25, 0.3) is 0 Å². The highest BCUT2D eigenvalue weighted by Crippen LogP contribution is 2.32. The van der Waals surface area contributed by atoms with E-state index in [4.69, 9.17) is 5.11 Å². The van der Waals surface area contributed by atoms with Crippen molar-refractivity contribution in [2.45, 2.75) is 11.3 Å². The molecule has 2 aromatic rings. The van der Waals surface area contributed by atoms with Crippen LogP contribution < -0.4 is 4.90 Å². The molecule has 0 saturated heterocycles. The third kappa shape index (κ3) is 2.95. The first-order valence-electron chi connectivity index (χ1n) is 5.62. The van der Waals surface area contributed by atoms with Crippen LogP contribution >= 0.6 is 23.1 Å². The number of carboxylic acid groups (broad SMARTS) is 1. The van der Waals surface area contributed by atoms with E-state index < -0.39 is 11.9 Å². The van der Waals surface area contributed by atoms with E-state index in [1.54, 1.807) is 18.7 Å². The average molecular weight is 298 g/mol. The second-order valence-corrected chi connectivity index (χ2v) is 6.21. The summed E-state index contributed by atoms with van der Waals surface area (Å²) in [4.78, 5) is 25.5. The topological polar surface area (TPSA) is 79.2 Å². The number of thioether (sulfide) groups is 1. The van der Waals surface area contributed by atoms with Gasteiger partial charge in [-0.25, -0.2) is 15.0 Å². The number of rotatable bonds is 5. The lowest BCUT2D eigenvalue weighted by Gasteiger charge is -2.20. The summed E-state index contributed by atoms with van der Waals surface area (Å²) in [5.74, 6) is -0.537. The van der Waals surface area contributed by atoms with E-state index in [1.807, 2.05) is 18.2 Å². The van der Waals surface area contributed by atoms with Gasteiger partial charge in [0.15, 0.2) is 15.8 Å². The van der Waals surface area contributed by atoms with Crippen LogP contribution in [0.5, 0.6) is 0 Å². The molecule has 0 aliphatic heterocycles. The van der Waals surface area contributed by atoms with Gasteiger partial charge in [-0.15, -0.1) is 11.3 Å². The van der Waals surface area contributed by atoms with Crippen LogP contribution in [0.4, 0.5) is 5.82 Å². The van der Waals surface area contributed by atoms with Crippen molar-refractivity contribution in [3.63, 3.8) is 0 Å². The third-order valence-corrected chi connectivity index (χ3v) is 4.68. The summed E-state index contributed by atoms with van der Waals surface area (Å²) in [6, 6.07) is 0. The molecule has 8 heteroatoms. The molecule has 0 saturated carbocycles. The molecular weight excluding hydrogens is 284 g/mol. The molecule has 2 aromatic heterocycles. The van der Waals surface area contributed by atoms with Gasteiger partial charge in [0.1, 0.15) is 11.0 Å². The van der Waals surface area contributed by atoms with E-state index in [0.717, 1.165) is 14.9 Å². The minimum absolute atomic E-state index is 0.397. The smallest absolute Gasteiger partial charge is 0.308 e. The molecule has 2 heterocycles. The van der Waals surface area contributed by atoms with Crippen molar-refractivity contribution in [1.29, 1.82) is 0 Å². The van der Waals surface area contributed by atoms with Crippen LogP contribution in [0.15, 0.2) is 10.7 Å². The standard InChI is InChI=1S/C11H14N4O2S2/c1-6(10(16)17)4-15(2)9-7-8(12-5-13-9)14-11(18-3)19-7/h5-6H,4H2,1-3H3,(H,16,17). The van der Waals surface area contributed by atoms with Gasteiger partial charge in [0.05, 0.1) is 5.92 Å². The lowest BCUT2D eigenvalue weighted by Crippen LogP contribution is -2.29. The number of carbonyl (C=O) groups is 1. The number of anilines is 1. The van der Waals surface area contributed by atoms with Crippen molar-refractivity contribution >= 4 is 45.2 Å². The quantitative estimate of drug-likeness (QED) is 0.845. The van der Waals surface area contributed by atoms with Gasteiger partial charge in [-0.05, 0) is 6.26 Å². The van der Waals surface area contributed by atoms with Crippen LogP contribution in [0.1, 0.15) is 6.92 Å². The molecular formula is C11H14N4O2S2. The fourth-order valence-corrected chi connectivity index (χ4v) is 3.21. The molecule has 1 unspecified atom stereocenters. The molecule has 0 aromatic carbocycles. The maximum Gasteiger partial charge on any atom is 0.308 e. The van der Waals surface area contributed by atoms with E-state index in [0.29, 0.717) is 12.2 Å². The molecule has 0 aliphatic rings. The van der Waals surface area contributed by atoms with Crippen LogP contribution in [0.3, 0.4) is 0 Å². The first kappa shape index (κ1) is 14.0. The summed E-state index contributed by atoms with van der Waals surface area (Å²) in [5.41, 5.74) is 0.661. The SMILES string of the molecule is CSc1nc2ncnc(N(C)CC(C)C(=O)O)c2s1. The Morgan fingerprint density at radius 2 is 2.32 bits per heavy atom. The number of hydrogen-bond donors (Lipinski definition) is 1. The van der Waals surface area contributed by atoms with Crippen LogP contribution in [0.2, 0.25) is 0 Å². The van der Waals surface area contributed by atoms with E-state index in [1.165, 1.54) is 17.7 Å². The van der Waals surface area contributed by atoms with Gasteiger partial charge in [0, 0.05) is 13.6 Å². The van der Waals surface area contributed by atoms with E-state index in [-0.39, 0.29) is 0 Å². The van der Waals surface area contributed by atoms with Crippen molar-refractivity contribution in [1.82, 2.24) is 15.0 Å². The van der Waals surface area contributed by atoms with E-state index >= 15 is 0 Å². The lowest BCUT2D eigenvalue weighted by atomic mass is 10.2. The highest BCUT2D eigenvalue weighted by Gasteiger charge is 2.18. The maximum atomic E-state index is 10.9. The number of thiazole rings is 1. The molecule has 2 rings (SSSR count). The number of fused-ring (bicyclic) bond motifs is 1. The van der Waals surface area contributed by atoms with Crippen LogP contribution in [-0.2, 0) is 4.79 Å². The first-order chi connectivity index (χ1) is 9.02. The zero-order valence-electron chi connectivity index (χ0n) is 10.8. The largest absolute Gasteiger partial charge is 0.481 e. The molecule has 0 fully saturated rings. The van der Waals surface area contributed by atoms with Crippen molar-refractivity contribution in [3.8, 4) is 0 Å². The Balaban J connectivity index is 2.33. The molecule has 0 aliphatic carbocycles. The van der Waals surface area contributed by atoms with Gasteiger partial charge in [-0.2, -0.15) is 0 Å². The molecule has 0 amide bonds. The Labute approximate surface area is 118 Å². The highest BCUT2D eigenvalue weighted by molar-refractivity contribution is 8.00. The fraction of sp³-hybridized carbons (Fsp3) is 0.455. The second-order valence-electron chi connectivity index (χ2n) is 4.15. The number of aliphatic carboxylic acids is 1. The monoisotopic (exact) mass is 298 g/mol. The van der Waals surface area contributed by atoms with Gasteiger partial charge >= 0.3 is 5.97 Å². The fourth-order valence-electron chi connectivity index (χ4n) is 1.66. The minimum Gasteiger partial charge on any atom is -0.481 e. The summed E-state index contributed by atoms with van der Waals surface area (Å²) in [6.45, 7) is 2.07. The molecule has 1 N–H and O–H groups in total. The van der Waals surface area contributed by atoms with Crippen molar-refractivity contribution in [2.75, 3.05) is 24.7 Å². The van der Waals surface area contributed by atoms with Gasteiger partial charge in [-0.3, -0.25) is 4.79 Å². The van der Waals surface area contributed by atoms with Crippen molar-refractivity contribution < 1.29 is 9.90 Å². The predicted octanol–water partition coefficient (Wildman–Crippen LogP) is 1.97. The molecule has 1 atom stereocenters. The molecule has 6 nitrogen and oxygen atoms in total. The molecule has 19 heavy (non-hydrogen) atoms. The Bertz CT molecular complexity index is 601. The summed E-state index contributed by atoms with van der Waals surface area (Å²) in [5, 5.41) is 8.96. The second kappa shape index (κ2) is 5.70.